The number of halogens is 1. The minimum absolute atomic E-state index is 0.208. The molecular weight excluding hydrogens is 246 g/mol. The predicted molar refractivity (Wildman–Crippen MR) is 74.9 cm³/mol. The van der Waals surface area contributed by atoms with E-state index in [0.717, 1.165) is 18.5 Å². The quantitative estimate of drug-likeness (QED) is 0.770. The summed E-state index contributed by atoms with van der Waals surface area (Å²) in [5, 5.41) is 0. The van der Waals surface area contributed by atoms with E-state index in [4.69, 9.17) is 11.6 Å². The average Bonchev–Trinajstić information content (AvgIpc) is 2.73. The lowest BCUT2D eigenvalue weighted by Crippen LogP contribution is -2.39. The Morgan fingerprint density at radius 1 is 1.44 bits per heavy atom. The van der Waals surface area contributed by atoms with Gasteiger partial charge in [0.1, 0.15) is 0 Å². The first kappa shape index (κ1) is 13.4. The minimum atomic E-state index is 0.208. The van der Waals surface area contributed by atoms with Gasteiger partial charge in [0.15, 0.2) is 0 Å². The van der Waals surface area contributed by atoms with Crippen LogP contribution < -0.4 is 0 Å². The van der Waals surface area contributed by atoms with Crippen molar-refractivity contribution in [3.63, 3.8) is 0 Å². The van der Waals surface area contributed by atoms with Gasteiger partial charge in [0.05, 0.1) is 6.42 Å². The highest BCUT2D eigenvalue weighted by Gasteiger charge is 2.33. The summed E-state index contributed by atoms with van der Waals surface area (Å²) in [5.41, 5.74) is 2.30. The number of hydrogen-bond donors (Lipinski definition) is 0. The Labute approximate surface area is 114 Å². The van der Waals surface area contributed by atoms with Gasteiger partial charge in [-0.3, -0.25) is 4.79 Å². The van der Waals surface area contributed by atoms with Crippen molar-refractivity contribution in [3.05, 3.63) is 35.4 Å². The first-order valence-electron chi connectivity index (χ1n) is 6.53. The van der Waals surface area contributed by atoms with E-state index in [1.165, 1.54) is 5.56 Å². The molecule has 0 radical (unpaired) electrons. The molecule has 0 spiro atoms. The van der Waals surface area contributed by atoms with Crippen LogP contribution in [0.5, 0.6) is 0 Å². The molecule has 18 heavy (non-hydrogen) atoms. The van der Waals surface area contributed by atoms with Crippen LogP contribution in [0.3, 0.4) is 0 Å². The average molecular weight is 266 g/mol. The summed E-state index contributed by atoms with van der Waals surface area (Å²) in [6.07, 6.45) is 1.56. The van der Waals surface area contributed by atoms with Crippen LogP contribution in [0.2, 0.25) is 0 Å². The summed E-state index contributed by atoms with van der Waals surface area (Å²) < 4.78 is 0. The summed E-state index contributed by atoms with van der Waals surface area (Å²) >= 11 is 5.98. The number of benzene rings is 1. The van der Waals surface area contributed by atoms with E-state index < -0.39 is 0 Å². The van der Waals surface area contributed by atoms with Gasteiger partial charge in [-0.15, -0.1) is 11.6 Å². The van der Waals surface area contributed by atoms with E-state index in [-0.39, 0.29) is 11.9 Å². The van der Waals surface area contributed by atoms with E-state index in [2.05, 4.69) is 6.92 Å². The van der Waals surface area contributed by atoms with Crippen molar-refractivity contribution < 1.29 is 4.79 Å². The van der Waals surface area contributed by atoms with Crippen molar-refractivity contribution in [2.24, 2.45) is 5.92 Å². The van der Waals surface area contributed by atoms with Gasteiger partial charge in [0, 0.05) is 18.5 Å². The van der Waals surface area contributed by atoms with Crippen molar-refractivity contribution in [2.75, 3.05) is 12.4 Å². The van der Waals surface area contributed by atoms with Gasteiger partial charge < -0.3 is 4.90 Å². The standard InChI is InChI=1S/C15H20ClNO/c1-11-5-3-4-6-13(11)9-15(18)17-8-7-12(2)14(17)10-16/h3-6,12,14H,7-10H2,1-2H3. The monoisotopic (exact) mass is 265 g/mol. The van der Waals surface area contributed by atoms with Crippen LogP contribution in [0.25, 0.3) is 0 Å². The lowest BCUT2D eigenvalue weighted by atomic mass is 10.0. The van der Waals surface area contributed by atoms with E-state index in [9.17, 15) is 4.79 Å². The topological polar surface area (TPSA) is 20.3 Å². The number of likely N-dealkylation sites (tertiary alicyclic amines) is 1. The third kappa shape index (κ3) is 2.69. The largest absolute Gasteiger partial charge is 0.338 e. The zero-order valence-electron chi connectivity index (χ0n) is 11.0. The van der Waals surface area contributed by atoms with Gasteiger partial charge >= 0.3 is 0 Å². The molecule has 1 aliphatic heterocycles. The second-order valence-electron chi connectivity index (χ2n) is 5.18. The lowest BCUT2D eigenvalue weighted by molar-refractivity contribution is -0.131. The summed E-state index contributed by atoms with van der Waals surface area (Å²) in [6, 6.07) is 8.28. The molecule has 1 amide bonds. The summed E-state index contributed by atoms with van der Waals surface area (Å²) in [6.45, 7) is 5.08. The van der Waals surface area contributed by atoms with Crippen molar-refractivity contribution in [1.29, 1.82) is 0 Å². The lowest BCUT2D eigenvalue weighted by Gasteiger charge is -2.25. The Morgan fingerprint density at radius 2 is 2.17 bits per heavy atom. The van der Waals surface area contributed by atoms with Gasteiger partial charge in [-0.1, -0.05) is 31.2 Å². The zero-order valence-corrected chi connectivity index (χ0v) is 11.8. The van der Waals surface area contributed by atoms with Crippen LogP contribution in [0.1, 0.15) is 24.5 Å². The van der Waals surface area contributed by atoms with E-state index in [1.807, 2.05) is 36.1 Å². The molecule has 1 fully saturated rings. The smallest absolute Gasteiger partial charge is 0.227 e. The molecule has 1 saturated heterocycles. The van der Waals surface area contributed by atoms with Gasteiger partial charge in [-0.25, -0.2) is 0 Å². The fraction of sp³-hybridized carbons (Fsp3) is 0.533. The summed E-state index contributed by atoms with van der Waals surface area (Å²) in [4.78, 5) is 14.3. The van der Waals surface area contributed by atoms with Gasteiger partial charge in [-0.2, -0.15) is 0 Å². The molecule has 1 heterocycles. The minimum Gasteiger partial charge on any atom is -0.338 e. The van der Waals surface area contributed by atoms with Crippen molar-refractivity contribution in [3.8, 4) is 0 Å². The second kappa shape index (κ2) is 5.75. The summed E-state index contributed by atoms with van der Waals surface area (Å²) in [5.74, 6) is 1.27. The third-order valence-electron chi connectivity index (χ3n) is 3.96. The van der Waals surface area contributed by atoms with Crippen LogP contribution >= 0.6 is 11.6 Å². The number of alkyl halides is 1. The summed E-state index contributed by atoms with van der Waals surface area (Å²) in [7, 11) is 0. The fourth-order valence-electron chi connectivity index (χ4n) is 2.63. The number of nitrogens with zero attached hydrogens (tertiary/aromatic N) is 1. The predicted octanol–water partition coefficient (Wildman–Crippen LogP) is 3.01. The van der Waals surface area contributed by atoms with Gasteiger partial charge in [0.2, 0.25) is 5.91 Å². The normalized spacial score (nSPS) is 23.4. The molecule has 3 heteroatoms. The SMILES string of the molecule is Cc1ccccc1CC(=O)N1CCC(C)C1CCl. The van der Waals surface area contributed by atoms with Gasteiger partial charge in [-0.05, 0) is 30.4 Å². The molecular formula is C15H20ClNO. The number of carbonyl (C=O) groups excluding carboxylic acids is 1. The Morgan fingerprint density at radius 3 is 2.83 bits per heavy atom. The Balaban J connectivity index is 2.07. The number of rotatable bonds is 3. The van der Waals surface area contributed by atoms with Crippen molar-refractivity contribution >= 4 is 17.5 Å². The fourth-order valence-corrected chi connectivity index (χ4v) is 3.10. The van der Waals surface area contributed by atoms with Gasteiger partial charge in [0.25, 0.3) is 0 Å². The molecule has 0 aliphatic carbocycles. The maximum absolute atomic E-state index is 12.3. The van der Waals surface area contributed by atoms with Crippen LogP contribution in [-0.4, -0.2) is 29.3 Å². The zero-order chi connectivity index (χ0) is 13.1. The first-order chi connectivity index (χ1) is 8.63. The van der Waals surface area contributed by atoms with E-state index >= 15 is 0 Å². The van der Waals surface area contributed by atoms with E-state index in [1.54, 1.807) is 0 Å². The van der Waals surface area contributed by atoms with Crippen LogP contribution in [-0.2, 0) is 11.2 Å². The molecule has 2 rings (SSSR count). The van der Waals surface area contributed by atoms with E-state index in [0.29, 0.717) is 18.2 Å². The maximum atomic E-state index is 12.3. The molecule has 98 valence electrons. The number of aryl methyl sites for hydroxylation is 1. The molecule has 0 saturated carbocycles. The second-order valence-corrected chi connectivity index (χ2v) is 5.49. The Hall–Kier alpha value is -1.02. The number of hydrogen-bond acceptors (Lipinski definition) is 1. The number of carbonyl (C=O) groups is 1. The molecule has 2 nitrogen and oxygen atoms in total. The number of amides is 1. The van der Waals surface area contributed by atoms with Crippen molar-refractivity contribution in [1.82, 2.24) is 4.90 Å². The maximum Gasteiger partial charge on any atom is 0.227 e. The van der Waals surface area contributed by atoms with Crippen LogP contribution in [0.15, 0.2) is 24.3 Å². The molecule has 0 N–H and O–H groups in total. The first-order valence-corrected chi connectivity index (χ1v) is 7.07. The highest BCUT2D eigenvalue weighted by atomic mass is 35.5. The molecule has 1 aromatic carbocycles. The van der Waals surface area contributed by atoms with Crippen LogP contribution in [0, 0.1) is 12.8 Å². The van der Waals surface area contributed by atoms with Crippen molar-refractivity contribution in [2.45, 2.75) is 32.7 Å². The Kier molecular flexibility index (Phi) is 4.28. The van der Waals surface area contributed by atoms with Crippen LogP contribution in [0.4, 0.5) is 0 Å². The highest BCUT2D eigenvalue weighted by Crippen LogP contribution is 2.25. The molecule has 2 atom stereocenters. The molecule has 2 unspecified atom stereocenters. The molecule has 1 aromatic rings. The molecule has 0 bridgehead atoms. The Bertz CT molecular complexity index is 432. The third-order valence-corrected chi connectivity index (χ3v) is 4.28. The molecule has 1 aliphatic rings. The highest BCUT2D eigenvalue weighted by molar-refractivity contribution is 6.18. The molecule has 0 aromatic heterocycles.